The fourth-order valence-corrected chi connectivity index (χ4v) is 4.16. The molecule has 170 valence electrons. The van der Waals surface area contributed by atoms with E-state index in [0.29, 0.717) is 18.2 Å². The van der Waals surface area contributed by atoms with Gasteiger partial charge in [-0.3, -0.25) is 14.4 Å². The highest BCUT2D eigenvalue weighted by atomic mass is 16.2. The van der Waals surface area contributed by atoms with E-state index in [1.807, 2.05) is 19.1 Å². The van der Waals surface area contributed by atoms with Crippen LogP contribution in [-0.2, 0) is 14.4 Å². The van der Waals surface area contributed by atoms with Crippen LogP contribution in [0.25, 0.3) is 0 Å². The molecule has 8 heteroatoms. The van der Waals surface area contributed by atoms with Crippen LogP contribution in [0.1, 0.15) is 41.6 Å². The van der Waals surface area contributed by atoms with Crippen molar-refractivity contribution in [3.63, 3.8) is 0 Å². The molecule has 2 saturated heterocycles. The van der Waals surface area contributed by atoms with Crippen molar-refractivity contribution < 1.29 is 19.2 Å². The van der Waals surface area contributed by atoms with Gasteiger partial charge in [0.25, 0.3) is 0 Å². The molecule has 1 unspecified atom stereocenters. The minimum atomic E-state index is -0.548. The van der Waals surface area contributed by atoms with E-state index in [4.69, 9.17) is 0 Å². The fraction of sp³-hybridized carbons (Fsp3) is 0.565. The van der Waals surface area contributed by atoms with Crippen molar-refractivity contribution in [1.29, 1.82) is 0 Å². The fourth-order valence-electron chi connectivity index (χ4n) is 4.16. The van der Waals surface area contributed by atoms with Crippen LogP contribution in [0.3, 0.4) is 0 Å². The molecule has 2 N–H and O–H groups in total. The van der Waals surface area contributed by atoms with Crippen LogP contribution < -0.4 is 15.5 Å². The zero-order valence-corrected chi connectivity index (χ0v) is 18.7. The molecule has 2 fully saturated rings. The topological polar surface area (TPSA) is 98.8 Å². The van der Waals surface area contributed by atoms with Crippen molar-refractivity contribution in [3.8, 4) is 0 Å². The van der Waals surface area contributed by atoms with Crippen LogP contribution in [0.2, 0.25) is 0 Å². The number of aldehydes is 2. The van der Waals surface area contributed by atoms with Gasteiger partial charge in [-0.1, -0.05) is 6.07 Å². The van der Waals surface area contributed by atoms with E-state index in [0.717, 1.165) is 49.9 Å². The average Bonchev–Trinajstić information content (AvgIpc) is 2.78. The number of benzene rings is 1. The van der Waals surface area contributed by atoms with Crippen molar-refractivity contribution >= 4 is 30.6 Å². The SMILES string of the molecule is CNC(=O)C(CCC=O)N(C)C=O.Cc1ccc(N2CC3(CCNCC3)C2)cc1C=O. The summed E-state index contributed by atoms with van der Waals surface area (Å²) in [7, 11) is 3.01. The summed E-state index contributed by atoms with van der Waals surface area (Å²) in [5, 5.41) is 5.86. The van der Waals surface area contributed by atoms with Gasteiger partial charge in [0.2, 0.25) is 12.3 Å². The molecule has 2 amide bonds. The van der Waals surface area contributed by atoms with E-state index in [1.54, 1.807) is 0 Å². The maximum Gasteiger partial charge on any atom is 0.242 e. The first-order valence-electron chi connectivity index (χ1n) is 10.7. The third-order valence-electron chi connectivity index (χ3n) is 6.24. The zero-order chi connectivity index (χ0) is 22.9. The number of nitrogens with zero attached hydrogens (tertiary/aromatic N) is 2. The number of carbonyl (C=O) groups is 4. The monoisotopic (exact) mass is 430 g/mol. The molecular formula is C23H34N4O4. The molecule has 1 atom stereocenters. The number of amides is 2. The standard InChI is InChI=1S/C15H20N2O.C8H14N2O3/c1-12-2-3-14(8-13(12)9-18)17-10-15(11-17)4-6-16-7-5-15;1-9-8(13)7(4-3-5-11)10(2)6-12/h2-3,8-9,16H,4-7,10-11H2,1H3;5-7H,3-4H2,1-2H3,(H,9,13). The van der Waals surface area contributed by atoms with Crippen molar-refractivity contribution in [3.05, 3.63) is 29.3 Å². The third kappa shape index (κ3) is 6.37. The summed E-state index contributed by atoms with van der Waals surface area (Å²) < 4.78 is 0. The molecule has 2 aliphatic heterocycles. The van der Waals surface area contributed by atoms with E-state index in [2.05, 4.69) is 21.6 Å². The maximum absolute atomic E-state index is 11.2. The molecule has 1 aromatic carbocycles. The number of hydrogen-bond acceptors (Lipinski definition) is 6. The molecule has 31 heavy (non-hydrogen) atoms. The highest BCUT2D eigenvalue weighted by molar-refractivity contribution is 5.83. The van der Waals surface area contributed by atoms with Crippen LogP contribution in [0.15, 0.2) is 18.2 Å². The van der Waals surface area contributed by atoms with E-state index >= 15 is 0 Å². The molecular weight excluding hydrogens is 396 g/mol. The highest BCUT2D eigenvalue weighted by Crippen LogP contribution is 2.41. The lowest BCUT2D eigenvalue weighted by molar-refractivity contribution is -0.131. The number of aryl methyl sites for hydroxylation is 1. The lowest BCUT2D eigenvalue weighted by Crippen LogP contribution is -2.60. The molecule has 0 bridgehead atoms. The Labute approximate surface area is 184 Å². The largest absolute Gasteiger partial charge is 0.370 e. The molecule has 0 aliphatic carbocycles. The summed E-state index contributed by atoms with van der Waals surface area (Å²) in [5.41, 5.74) is 3.62. The second kappa shape index (κ2) is 11.6. The van der Waals surface area contributed by atoms with Gasteiger partial charge in [0.15, 0.2) is 0 Å². The van der Waals surface area contributed by atoms with Crippen LogP contribution >= 0.6 is 0 Å². The number of anilines is 1. The van der Waals surface area contributed by atoms with Crippen LogP contribution in [-0.4, -0.2) is 76.1 Å². The van der Waals surface area contributed by atoms with Gasteiger partial charge < -0.3 is 25.2 Å². The minimum absolute atomic E-state index is 0.253. The number of hydrogen-bond donors (Lipinski definition) is 2. The average molecular weight is 431 g/mol. The predicted molar refractivity (Wildman–Crippen MR) is 120 cm³/mol. The molecule has 3 rings (SSSR count). The molecule has 2 aliphatic rings. The molecule has 0 radical (unpaired) electrons. The first-order valence-corrected chi connectivity index (χ1v) is 10.7. The van der Waals surface area contributed by atoms with Gasteiger partial charge in [0.05, 0.1) is 0 Å². The zero-order valence-electron chi connectivity index (χ0n) is 18.7. The Morgan fingerprint density at radius 1 is 1.26 bits per heavy atom. The van der Waals surface area contributed by atoms with E-state index in [9.17, 15) is 19.2 Å². The Morgan fingerprint density at radius 2 is 1.94 bits per heavy atom. The molecule has 2 heterocycles. The first kappa shape index (κ1) is 24.5. The Balaban J connectivity index is 0.000000235. The van der Waals surface area contributed by atoms with Gasteiger partial charge in [-0.25, -0.2) is 0 Å². The van der Waals surface area contributed by atoms with Gasteiger partial charge in [0, 0.05) is 50.3 Å². The summed E-state index contributed by atoms with van der Waals surface area (Å²) in [6, 6.07) is 5.66. The number of carbonyl (C=O) groups excluding carboxylic acids is 4. The quantitative estimate of drug-likeness (QED) is 0.601. The molecule has 8 nitrogen and oxygen atoms in total. The van der Waals surface area contributed by atoms with Crippen molar-refractivity contribution in [2.24, 2.45) is 5.41 Å². The molecule has 1 aromatic rings. The van der Waals surface area contributed by atoms with Crippen molar-refractivity contribution in [2.45, 2.75) is 38.6 Å². The molecule has 0 saturated carbocycles. The first-order chi connectivity index (χ1) is 14.9. The van der Waals surface area contributed by atoms with Crippen LogP contribution in [0, 0.1) is 12.3 Å². The number of likely N-dealkylation sites (N-methyl/N-ethyl adjacent to an activating group) is 2. The van der Waals surface area contributed by atoms with Gasteiger partial charge in [0.1, 0.15) is 18.6 Å². The maximum atomic E-state index is 11.2. The van der Waals surface area contributed by atoms with Crippen molar-refractivity contribution in [2.75, 3.05) is 45.2 Å². The summed E-state index contributed by atoms with van der Waals surface area (Å²) >= 11 is 0. The molecule has 1 spiro atoms. The van der Waals surface area contributed by atoms with Crippen LogP contribution in [0.4, 0.5) is 5.69 Å². The smallest absolute Gasteiger partial charge is 0.242 e. The third-order valence-corrected chi connectivity index (χ3v) is 6.24. The summed E-state index contributed by atoms with van der Waals surface area (Å²) in [6.45, 7) is 6.59. The lowest BCUT2D eigenvalue weighted by Gasteiger charge is -2.53. The van der Waals surface area contributed by atoms with E-state index in [1.165, 1.54) is 37.5 Å². The molecule has 0 aromatic heterocycles. The van der Waals surface area contributed by atoms with Gasteiger partial charge in [-0.05, 0) is 57.0 Å². The second-order valence-electron chi connectivity index (χ2n) is 8.41. The Kier molecular flexibility index (Phi) is 9.18. The van der Waals surface area contributed by atoms with E-state index < -0.39 is 6.04 Å². The summed E-state index contributed by atoms with van der Waals surface area (Å²) in [5.74, 6) is -0.253. The Hall–Kier alpha value is -2.74. The second-order valence-corrected chi connectivity index (χ2v) is 8.41. The normalized spacial score (nSPS) is 17.5. The Morgan fingerprint density at radius 3 is 2.48 bits per heavy atom. The number of piperidine rings is 1. The van der Waals surface area contributed by atoms with Crippen molar-refractivity contribution in [1.82, 2.24) is 15.5 Å². The van der Waals surface area contributed by atoms with Gasteiger partial charge in [-0.15, -0.1) is 0 Å². The Bertz CT molecular complexity index is 769. The minimum Gasteiger partial charge on any atom is -0.370 e. The lowest BCUT2D eigenvalue weighted by atomic mass is 9.72. The van der Waals surface area contributed by atoms with E-state index in [-0.39, 0.29) is 12.3 Å². The van der Waals surface area contributed by atoms with Crippen LogP contribution in [0.5, 0.6) is 0 Å². The number of nitrogens with one attached hydrogen (secondary N) is 2. The van der Waals surface area contributed by atoms with Gasteiger partial charge >= 0.3 is 0 Å². The van der Waals surface area contributed by atoms with Gasteiger partial charge in [-0.2, -0.15) is 0 Å². The summed E-state index contributed by atoms with van der Waals surface area (Å²) in [4.78, 5) is 46.3. The predicted octanol–water partition coefficient (Wildman–Crippen LogP) is 1.17. The highest BCUT2D eigenvalue weighted by Gasteiger charge is 2.43. The summed E-state index contributed by atoms with van der Waals surface area (Å²) in [6.07, 6.45) is 5.47. The number of rotatable bonds is 8.